The molecule has 0 radical (unpaired) electrons. The summed E-state index contributed by atoms with van der Waals surface area (Å²) in [6.07, 6.45) is 0. The van der Waals surface area contributed by atoms with Crippen LogP contribution in [0.1, 0.15) is 26.3 Å². The Morgan fingerprint density at radius 1 is 1.00 bits per heavy atom. The van der Waals surface area contributed by atoms with E-state index in [1.807, 2.05) is 0 Å². The van der Waals surface area contributed by atoms with Crippen LogP contribution in [0.25, 0.3) is 5.76 Å². The molecule has 0 aromatic heterocycles. The van der Waals surface area contributed by atoms with Crippen LogP contribution in [0.4, 0.5) is 0 Å². The Morgan fingerprint density at radius 3 is 1.90 bits per heavy atom. The van der Waals surface area contributed by atoms with E-state index in [9.17, 15) is 0 Å². The van der Waals surface area contributed by atoms with E-state index in [-0.39, 0.29) is 0 Å². The Bertz CT molecular complexity index is 422. The average Bonchev–Trinajstić information content (AvgIpc) is 2.43. The van der Waals surface area contributed by atoms with E-state index < -0.39 is 21.7 Å². The minimum absolute atomic E-state index is 1.16. The van der Waals surface area contributed by atoms with Gasteiger partial charge in [0.15, 0.2) is 0 Å². The molecule has 0 N–H and O–H groups in total. The maximum absolute atomic E-state index is 6.73. The first-order chi connectivity index (χ1) is 9.36. The van der Waals surface area contributed by atoms with Gasteiger partial charge in [-0.1, -0.05) is 0 Å². The van der Waals surface area contributed by atoms with Gasteiger partial charge in [0, 0.05) is 0 Å². The normalized spacial score (nSPS) is 13.4. The molecular formula is C17H30GeOSi. The molecule has 0 heterocycles. The number of benzene rings is 1. The Morgan fingerprint density at radius 2 is 1.50 bits per heavy atom. The second kappa shape index (κ2) is 7.51. The van der Waals surface area contributed by atoms with Crippen LogP contribution < -0.4 is 0 Å². The van der Waals surface area contributed by atoms with Crippen LogP contribution in [-0.4, -0.2) is 21.7 Å². The zero-order valence-electron chi connectivity index (χ0n) is 14.0. The molecule has 0 atom stereocenters. The molecule has 0 bridgehead atoms. The molecule has 0 unspecified atom stereocenters. The minimum atomic E-state index is -2.16. The van der Waals surface area contributed by atoms with Crippen molar-refractivity contribution in [1.29, 1.82) is 0 Å². The first-order valence-corrected chi connectivity index (χ1v) is 16.7. The molecule has 0 aliphatic carbocycles. The Labute approximate surface area is 129 Å². The molecular weight excluding hydrogens is 321 g/mol. The molecule has 3 heteroatoms. The third kappa shape index (κ3) is 5.13. The van der Waals surface area contributed by atoms with Gasteiger partial charge in [-0.2, -0.15) is 0 Å². The first-order valence-electron chi connectivity index (χ1n) is 7.83. The van der Waals surface area contributed by atoms with Gasteiger partial charge < -0.3 is 0 Å². The Hall–Kier alpha value is -0.480. The van der Waals surface area contributed by atoms with E-state index in [0.29, 0.717) is 0 Å². The SMILES string of the molecule is C[CH2][Ge]([CH2]C)([CH2]C)[O]/C(=C/[Si](C)(C)C)c1ccccc1. The molecule has 0 aliphatic rings. The Balaban J connectivity index is 3.17. The number of hydrogen-bond acceptors (Lipinski definition) is 1. The second-order valence-corrected chi connectivity index (χ2v) is 21.5. The standard InChI is InChI=1S/C17H30GeOSi/c1-7-18(8-2,9-3)19-17(15-20(4,5)6)16-13-11-10-12-14-16/h10-15H,7-9H2,1-6H3/b17-15+. The van der Waals surface area contributed by atoms with Crippen molar-refractivity contribution in [2.24, 2.45) is 0 Å². The number of rotatable bonds is 7. The first kappa shape index (κ1) is 17.6. The van der Waals surface area contributed by atoms with Gasteiger partial charge in [-0.15, -0.1) is 0 Å². The van der Waals surface area contributed by atoms with Crippen LogP contribution in [0.15, 0.2) is 36.0 Å². The summed E-state index contributed by atoms with van der Waals surface area (Å²) in [6, 6.07) is 10.6. The average molecular weight is 351 g/mol. The van der Waals surface area contributed by atoms with Crippen molar-refractivity contribution in [2.45, 2.75) is 56.2 Å². The summed E-state index contributed by atoms with van der Waals surface area (Å²) >= 11 is -2.16. The van der Waals surface area contributed by atoms with Gasteiger partial charge in [-0.05, 0) is 0 Å². The van der Waals surface area contributed by atoms with Crippen molar-refractivity contribution >= 4 is 27.4 Å². The van der Waals surface area contributed by atoms with Crippen LogP contribution in [-0.2, 0) is 3.76 Å². The monoisotopic (exact) mass is 352 g/mol. The van der Waals surface area contributed by atoms with E-state index in [1.54, 1.807) is 0 Å². The van der Waals surface area contributed by atoms with Gasteiger partial charge in [0.1, 0.15) is 0 Å². The van der Waals surface area contributed by atoms with Crippen LogP contribution in [0.5, 0.6) is 0 Å². The summed E-state index contributed by atoms with van der Waals surface area (Å²) in [6.45, 7) is 14.0. The molecule has 0 saturated carbocycles. The maximum atomic E-state index is 6.73. The molecule has 1 nitrogen and oxygen atoms in total. The van der Waals surface area contributed by atoms with Crippen molar-refractivity contribution in [3.05, 3.63) is 41.6 Å². The summed E-state index contributed by atoms with van der Waals surface area (Å²) in [7, 11) is -1.30. The quantitative estimate of drug-likeness (QED) is 0.437. The van der Waals surface area contributed by atoms with Gasteiger partial charge in [-0.25, -0.2) is 0 Å². The van der Waals surface area contributed by atoms with Gasteiger partial charge in [-0.3, -0.25) is 0 Å². The summed E-state index contributed by atoms with van der Waals surface area (Å²) < 4.78 is 6.73. The third-order valence-corrected chi connectivity index (χ3v) is 14.5. The molecule has 20 heavy (non-hydrogen) atoms. The predicted molar refractivity (Wildman–Crippen MR) is 96.0 cm³/mol. The van der Waals surface area contributed by atoms with E-state index in [2.05, 4.69) is 76.4 Å². The molecule has 1 rings (SSSR count). The van der Waals surface area contributed by atoms with Crippen LogP contribution in [0.3, 0.4) is 0 Å². The Kier molecular flexibility index (Phi) is 6.59. The fraction of sp³-hybridized carbons (Fsp3) is 0.529. The van der Waals surface area contributed by atoms with E-state index >= 15 is 0 Å². The summed E-state index contributed by atoms with van der Waals surface area (Å²) in [5.74, 6) is 1.16. The molecule has 1 aromatic carbocycles. The van der Waals surface area contributed by atoms with Crippen LogP contribution >= 0.6 is 0 Å². The predicted octanol–water partition coefficient (Wildman–Crippen LogP) is 5.93. The molecule has 0 fully saturated rings. The molecule has 1 aromatic rings. The van der Waals surface area contributed by atoms with E-state index in [4.69, 9.17) is 3.76 Å². The molecule has 0 spiro atoms. The molecule has 0 aliphatic heterocycles. The summed E-state index contributed by atoms with van der Waals surface area (Å²) in [5.41, 5.74) is 3.68. The third-order valence-electron chi connectivity index (χ3n) is 3.88. The molecule has 112 valence electrons. The van der Waals surface area contributed by atoms with Gasteiger partial charge in [0.2, 0.25) is 0 Å². The van der Waals surface area contributed by atoms with Crippen molar-refractivity contribution < 1.29 is 3.76 Å². The zero-order valence-corrected chi connectivity index (χ0v) is 17.1. The second-order valence-electron chi connectivity index (χ2n) is 6.59. The van der Waals surface area contributed by atoms with Gasteiger partial charge >= 0.3 is 129 Å². The topological polar surface area (TPSA) is 9.23 Å². The van der Waals surface area contributed by atoms with Crippen molar-refractivity contribution in [1.82, 2.24) is 0 Å². The fourth-order valence-electron chi connectivity index (χ4n) is 2.37. The van der Waals surface area contributed by atoms with Crippen LogP contribution in [0.2, 0.25) is 35.4 Å². The molecule has 0 amide bonds. The van der Waals surface area contributed by atoms with E-state index in [1.165, 1.54) is 21.3 Å². The zero-order chi connectivity index (χ0) is 15.2. The van der Waals surface area contributed by atoms with Crippen molar-refractivity contribution in [2.75, 3.05) is 0 Å². The van der Waals surface area contributed by atoms with Crippen molar-refractivity contribution in [3.63, 3.8) is 0 Å². The van der Waals surface area contributed by atoms with Gasteiger partial charge in [0.25, 0.3) is 0 Å². The molecule has 0 saturated heterocycles. The number of hydrogen-bond donors (Lipinski definition) is 0. The van der Waals surface area contributed by atoms with Crippen LogP contribution in [0, 0.1) is 0 Å². The van der Waals surface area contributed by atoms with Crippen molar-refractivity contribution in [3.8, 4) is 0 Å². The van der Waals surface area contributed by atoms with E-state index in [0.717, 1.165) is 5.76 Å². The van der Waals surface area contributed by atoms with Gasteiger partial charge in [0.05, 0.1) is 0 Å². The summed E-state index contributed by atoms with van der Waals surface area (Å²) in [5, 5.41) is 3.72. The summed E-state index contributed by atoms with van der Waals surface area (Å²) in [4.78, 5) is 0. The fourth-order valence-corrected chi connectivity index (χ4v) is 9.03.